The summed E-state index contributed by atoms with van der Waals surface area (Å²) in [7, 11) is 0. The van der Waals surface area contributed by atoms with Crippen molar-refractivity contribution in [1.82, 2.24) is 0 Å². The van der Waals surface area contributed by atoms with E-state index in [1.165, 1.54) is 12.3 Å². The number of hydrogen-bond donors (Lipinski definition) is 2. The first-order valence-electron chi connectivity index (χ1n) is 4.46. The van der Waals surface area contributed by atoms with Crippen molar-refractivity contribution in [3.8, 4) is 0 Å². The topological polar surface area (TPSA) is 87.5 Å². The van der Waals surface area contributed by atoms with E-state index in [-0.39, 0.29) is 5.92 Å². The van der Waals surface area contributed by atoms with Crippen LogP contribution in [-0.4, -0.2) is 23.4 Å². The summed E-state index contributed by atoms with van der Waals surface area (Å²) >= 11 is 0. The van der Waals surface area contributed by atoms with Crippen LogP contribution >= 0.6 is 0 Å². The molecular weight excluding hydrogens is 198 g/mol. The number of hydrogen-bond acceptors (Lipinski definition) is 4. The Morgan fingerprint density at radius 2 is 2.20 bits per heavy atom. The molecule has 2 atom stereocenters. The molecule has 0 aliphatic carbocycles. The Morgan fingerprint density at radius 1 is 1.67 bits per heavy atom. The summed E-state index contributed by atoms with van der Waals surface area (Å²) in [5.41, 5.74) is -1.09. The molecule has 5 nitrogen and oxygen atoms in total. The van der Waals surface area contributed by atoms with Gasteiger partial charge >= 0.3 is 12.1 Å². The molecule has 2 unspecified atom stereocenters. The Labute approximate surface area is 88.3 Å². The van der Waals surface area contributed by atoms with Crippen LogP contribution in [0, 0.1) is 16.7 Å². The van der Waals surface area contributed by atoms with Crippen LogP contribution in [0.1, 0.15) is 20.3 Å². The summed E-state index contributed by atoms with van der Waals surface area (Å²) in [4.78, 5) is 21.7. The van der Waals surface area contributed by atoms with Crippen molar-refractivity contribution < 1.29 is 19.4 Å². The van der Waals surface area contributed by atoms with Crippen molar-refractivity contribution in [2.45, 2.75) is 20.3 Å². The molecular formula is C10H15NO4. The van der Waals surface area contributed by atoms with Crippen molar-refractivity contribution in [3.05, 3.63) is 12.7 Å². The zero-order valence-corrected chi connectivity index (χ0v) is 8.82. The molecule has 0 amide bonds. The summed E-state index contributed by atoms with van der Waals surface area (Å²) < 4.78 is 4.11. The molecule has 15 heavy (non-hydrogen) atoms. The van der Waals surface area contributed by atoms with E-state index < -0.39 is 17.5 Å². The second-order valence-corrected chi connectivity index (χ2v) is 3.48. The van der Waals surface area contributed by atoms with E-state index in [0.29, 0.717) is 6.42 Å². The average Bonchev–Trinajstić information content (AvgIpc) is 2.15. The van der Waals surface area contributed by atoms with Crippen LogP contribution in [0.25, 0.3) is 0 Å². The number of carbonyl (C=O) groups excluding carboxylic acids is 1. The van der Waals surface area contributed by atoms with Crippen LogP contribution in [0.3, 0.4) is 0 Å². The second kappa shape index (κ2) is 5.29. The zero-order valence-electron chi connectivity index (χ0n) is 8.82. The molecule has 0 radical (unpaired) electrons. The fourth-order valence-corrected chi connectivity index (χ4v) is 1.10. The average molecular weight is 213 g/mol. The maximum atomic E-state index is 11.5. The van der Waals surface area contributed by atoms with Gasteiger partial charge in [0.05, 0.1) is 5.41 Å². The van der Waals surface area contributed by atoms with Gasteiger partial charge in [-0.05, 0) is 25.5 Å². The number of rotatable bonds is 5. The smallest absolute Gasteiger partial charge is 0.449 e. The molecule has 0 bridgehead atoms. The third kappa shape index (κ3) is 3.19. The zero-order chi connectivity index (χ0) is 12.1. The van der Waals surface area contributed by atoms with Crippen LogP contribution in [-0.2, 0) is 9.53 Å². The van der Waals surface area contributed by atoms with E-state index in [0.717, 1.165) is 0 Å². The Bertz CT molecular complexity index is 287. The lowest BCUT2D eigenvalue weighted by molar-refractivity contribution is -0.149. The van der Waals surface area contributed by atoms with E-state index in [1.807, 2.05) is 0 Å². The summed E-state index contributed by atoms with van der Waals surface area (Å²) in [6.07, 6.45) is 1.25. The number of carbonyl (C=O) groups is 2. The molecule has 0 aromatic rings. The molecule has 0 aromatic carbocycles. The fraction of sp³-hybridized carbons (Fsp3) is 0.500. The molecule has 2 N–H and O–H groups in total. The standard InChI is InChI=1S/C10H15NO4/c1-4-10(3,7(2)5-6-11)8(12)15-9(13)14/h4,6-7,11H,1,5H2,2-3H3,(H,13,14). The van der Waals surface area contributed by atoms with Crippen molar-refractivity contribution >= 4 is 18.3 Å². The molecule has 0 rings (SSSR count). The number of nitrogens with one attached hydrogen (secondary N) is 1. The molecule has 0 fully saturated rings. The van der Waals surface area contributed by atoms with E-state index in [1.54, 1.807) is 13.8 Å². The maximum Gasteiger partial charge on any atom is 0.513 e. The highest BCUT2D eigenvalue weighted by atomic mass is 16.7. The van der Waals surface area contributed by atoms with Gasteiger partial charge in [0.2, 0.25) is 0 Å². The van der Waals surface area contributed by atoms with Gasteiger partial charge in [-0.2, -0.15) is 0 Å². The quantitative estimate of drug-likeness (QED) is 0.317. The molecule has 0 spiro atoms. The molecule has 0 saturated heterocycles. The Balaban J connectivity index is 4.82. The van der Waals surface area contributed by atoms with Crippen LogP contribution in [0.4, 0.5) is 4.79 Å². The minimum atomic E-state index is -1.63. The summed E-state index contributed by atoms with van der Waals surface area (Å²) in [5.74, 6) is -1.10. The van der Waals surface area contributed by atoms with E-state index in [4.69, 9.17) is 10.5 Å². The fourth-order valence-electron chi connectivity index (χ4n) is 1.10. The molecule has 5 heteroatoms. The lowest BCUT2D eigenvalue weighted by atomic mass is 9.77. The van der Waals surface area contributed by atoms with Crippen molar-refractivity contribution in [2.75, 3.05) is 0 Å². The van der Waals surface area contributed by atoms with E-state index in [9.17, 15) is 9.59 Å². The summed E-state index contributed by atoms with van der Waals surface area (Å²) in [5, 5.41) is 15.3. The van der Waals surface area contributed by atoms with Gasteiger partial charge in [0.1, 0.15) is 0 Å². The van der Waals surface area contributed by atoms with Gasteiger partial charge < -0.3 is 15.3 Å². The first-order chi connectivity index (χ1) is 6.88. The van der Waals surface area contributed by atoms with Crippen molar-refractivity contribution in [1.29, 1.82) is 5.41 Å². The molecule has 0 heterocycles. The lowest BCUT2D eigenvalue weighted by Gasteiger charge is -2.28. The largest absolute Gasteiger partial charge is 0.513 e. The highest BCUT2D eigenvalue weighted by Crippen LogP contribution is 2.32. The third-order valence-electron chi connectivity index (χ3n) is 2.54. The lowest BCUT2D eigenvalue weighted by Crippen LogP contribution is -2.35. The summed E-state index contributed by atoms with van der Waals surface area (Å²) in [6.45, 7) is 6.77. The molecule has 84 valence electrons. The second-order valence-electron chi connectivity index (χ2n) is 3.48. The van der Waals surface area contributed by atoms with Gasteiger partial charge in [-0.1, -0.05) is 13.0 Å². The molecule has 0 aliphatic rings. The maximum absolute atomic E-state index is 11.5. The predicted octanol–water partition coefficient (Wildman–Crippen LogP) is 2.08. The minimum absolute atomic E-state index is 0.237. The Kier molecular flexibility index (Phi) is 4.70. The highest BCUT2D eigenvalue weighted by Gasteiger charge is 2.38. The number of esters is 1. The van der Waals surface area contributed by atoms with Crippen molar-refractivity contribution in [2.24, 2.45) is 11.3 Å². The first kappa shape index (κ1) is 13.4. The molecule has 0 saturated carbocycles. The number of ether oxygens (including phenoxy) is 1. The van der Waals surface area contributed by atoms with Gasteiger partial charge in [0.25, 0.3) is 0 Å². The third-order valence-corrected chi connectivity index (χ3v) is 2.54. The monoisotopic (exact) mass is 213 g/mol. The molecule has 0 aromatic heterocycles. The van der Waals surface area contributed by atoms with Gasteiger partial charge in [-0.15, -0.1) is 6.58 Å². The summed E-state index contributed by atoms with van der Waals surface area (Å²) in [6, 6.07) is 0. The normalized spacial score (nSPS) is 15.9. The highest BCUT2D eigenvalue weighted by molar-refractivity contribution is 5.87. The SMILES string of the molecule is C=CC(C)(C(=O)OC(=O)O)C(C)CC=N. The van der Waals surface area contributed by atoms with Crippen LogP contribution in [0.15, 0.2) is 12.7 Å². The minimum Gasteiger partial charge on any atom is -0.449 e. The van der Waals surface area contributed by atoms with Crippen molar-refractivity contribution in [3.63, 3.8) is 0 Å². The van der Waals surface area contributed by atoms with Crippen LogP contribution in [0.5, 0.6) is 0 Å². The van der Waals surface area contributed by atoms with E-state index in [2.05, 4.69) is 11.3 Å². The first-order valence-corrected chi connectivity index (χ1v) is 4.46. The Morgan fingerprint density at radius 3 is 2.53 bits per heavy atom. The van der Waals surface area contributed by atoms with Gasteiger partial charge in [0.15, 0.2) is 0 Å². The Hall–Kier alpha value is -1.65. The molecule has 0 aliphatic heterocycles. The van der Waals surface area contributed by atoms with E-state index >= 15 is 0 Å². The van der Waals surface area contributed by atoms with Crippen LogP contribution < -0.4 is 0 Å². The van der Waals surface area contributed by atoms with Gasteiger partial charge in [0, 0.05) is 0 Å². The van der Waals surface area contributed by atoms with Gasteiger partial charge in [-0.3, -0.25) is 4.79 Å². The predicted molar refractivity (Wildman–Crippen MR) is 55.0 cm³/mol. The number of carboxylic acid groups (broad SMARTS) is 1. The van der Waals surface area contributed by atoms with Gasteiger partial charge in [-0.25, -0.2) is 4.79 Å². The van der Waals surface area contributed by atoms with Crippen LogP contribution in [0.2, 0.25) is 0 Å².